The van der Waals surface area contributed by atoms with Gasteiger partial charge in [0.2, 0.25) is 5.91 Å². The van der Waals surface area contributed by atoms with Gasteiger partial charge in [-0.05, 0) is 90.1 Å². The maximum Gasteiger partial charge on any atom is 0.408 e. The van der Waals surface area contributed by atoms with Gasteiger partial charge >= 0.3 is 6.09 Å². The Kier molecular flexibility index (Phi) is 9.07. The lowest BCUT2D eigenvalue weighted by Gasteiger charge is -2.33. The zero-order valence-corrected chi connectivity index (χ0v) is 22.4. The summed E-state index contributed by atoms with van der Waals surface area (Å²) in [4.78, 5) is 41.0. The number of carbonyl (C=O) groups is 3. The van der Waals surface area contributed by atoms with Gasteiger partial charge in [0, 0.05) is 12.2 Å². The van der Waals surface area contributed by atoms with E-state index < -0.39 is 23.8 Å². The summed E-state index contributed by atoms with van der Waals surface area (Å²) < 4.78 is 5.30. The van der Waals surface area contributed by atoms with Gasteiger partial charge in [0.05, 0.1) is 0 Å². The predicted molar refractivity (Wildman–Crippen MR) is 139 cm³/mol. The van der Waals surface area contributed by atoms with E-state index in [1.54, 1.807) is 27.7 Å². The molecule has 2 unspecified atom stereocenters. The van der Waals surface area contributed by atoms with Gasteiger partial charge in [-0.15, -0.1) is 0 Å². The summed E-state index contributed by atoms with van der Waals surface area (Å²) in [5, 5.41) is 5.65. The Morgan fingerprint density at radius 2 is 1.54 bits per heavy atom. The van der Waals surface area contributed by atoms with Crippen LogP contribution in [0, 0.1) is 27.7 Å². The quantitative estimate of drug-likeness (QED) is 0.557. The molecule has 2 atom stereocenters. The number of aryl methyl sites for hydroxylation is 4. The summed E-state index contributed by atoms with van der Waals surface area (Å²) in [5.41, 5.74) is 4.74. The Hall–Kier alpha value is -3.35. The molecule has 0 saturated carbocycles. The first kappa shape index (κ1) is 27.9. The Balaban J connectivity index is 2.43. The number of amides is 3. The van der Waals surface area contributed by atoms with Crippen LogP contribution < -0.4 is 10.6 Å². The van der Waals surface area contributed by atoms with Crippen molar-refractivity contribution in [2.75, 3.05) is 11.9 Å². The number of nitrogens with one attached hydrogen (secondary N) is 2. The monoisotopic (exact) mass is 481 g/mol. The van der Waals surface area contributed by atoms with Crippen LogP contribution in [0.2, 0.25) is 0 Å². The molecule has 0 heterocycles. The van der Waals surface area contributed by atoms with E-state index in [-0.39, 0.29) is 18.4 Å². The number of para-hydroxylation sites is 1. The number of hydrogen-bond acceptors (Lipinski definition) is 4. The molecule has 7 nitrogen and oxygen atoms in total. The first-order chi connectivity index (χ1) is 16.2. The van der Waals surface area contributed by atoms with Crippen LogP contribution in [0.3, 0.4) is 0 Å². The molecule has 35 heavy (non-hydrogen) atoms. The van der Waals surface area contributed by atoms with Crippen molar-refractivity contribution in [1.29, 1.82) is 0 Å². The highest BCUT2D eigenvalue weighted by molar-refractivity contribution is 5.99. The van der Waals surface area contributed by atoms with Gasteiger partial charge in [-0.3, -0.25) is 9.59 Å². The van der Waals surface area contributed by atoms with Crippen LogP contribution in [-0.4, -0.2) is 41.0 Å². The van der Waals surface area contributed by atoms with Crippen molar-refractivity contribution in [3.63, 3.8) is 0 Å². The van der Waals surface area contributed by atoms with Crippen LogP contribution in [0.25, 0.3) is 0 Å². The maximum absolute atomic E-state index is 13.7. The fourth-order valence-electron chi connectivity index (χ4n) is 3.87. The van der Waals surface area contributed by atoms with E-state index in [0.29, 0.717) is 5.56 Å². The number of likely N-dealkylation sites (N-methyl/N-ethyl adjacent to an activating group) is 1. The van der Waals surface area contributed by atoms with Crippen LogP contribution >= 0.6 is 0 Å². The molecule has 0 radical (unpaired) electrons. The molecule has 0 aliphatic rings. The highest BCUT2D eigenvalue weighted by Crippen LogP contribution is 2.28. The highest BCUT2D eigenvalue weighted by atomic mass is 16.6. The van der Waals surface area contributed by atoms with Gasteiger partial charge in [0.15, 0.2) is 0 Å². The molecule has 0 bridgehead atoms. The zero-order valence-electron chi connectivity index (χ0n) is 22.4. The van der Waals surface area contributed by atoms with Crippen molar-refractivity contribution in [2.45, 2.75) is 80.0 Å². The fourth-order valence-corrected chi connectivity index (χ4v) is 3.87. The van der Waals surface area contributed by atoms with Crippen molar-refractivity contribution in [3.8, 4) is 0 Å². The second kappa shape index (κ2) is 11.4. The van der Waals surface area contributed by atoms with E-state index in [1.807, 2.05) is 71.0 Å². The van der Waals surface area contributed by atoms with Crippen LogP contribution in [0.1, 0.15) is 68.5 Å². The summed E-state index contributed by atoms with van der Waals surface area (Å²) in [7, 11) is 0. The smallest absolute Gasteiger partial charge is 0.408 e. The highest BCUT2D eigenvalue weighted by Gasteiger charge is 2.34. The molecule has 2 aromatic carbocycles. The summed E-state index contributed by atoms with van der Waals surface area (Å²) in [6.45, 7) is 16.8. The number of rotatable bonds is 7. The zero-order chi connectivity index (χ0) is 26.5. The molecule has 0 spiro atoms. The lowest BCUT2D eigenvalue weighted by Crippen LogP contribution is -2.51. The molecule has 0 aliphatic carbocycles. The van der Waals surface area contributed by atoms with Crippen LogP contribution in [0.5, 0.6) is 0 Å². The Labute approximate surface area is 209 Å². The first-order valence-corrected chi connectivity index (χ1v) is 12.0. The average Bonchev–Trinajstić information content (AvgIpc) is 2.74. The molecule has 0 saturated heterocycles. The van der Waals surface area contributed by atoms with Gasteiger partial charge < -0.3 is 20.3 Å². The van der Waals surface area contributed by atoms with Crippen LogP contribution in [0.15, 0.2) is 36.4 Å². The van der Waals surface area contributed by atoms with Crippen LogP contribution in [0.4, 0.5) is 10.5 Å². The van der Waals surface area contributed by atoms with Gasteiger partial charge in [0.25, 0.3) is 5.91 Å². The molecule has 3 amide bonds. The molecular formula is C28H39N3O4. The van der Waals surface area contributed by atoms with Crippen molar-refractivity contribution in [2.24, 2.45) is 0 Å². The number of anilines is 1. The largest absolute Gasteiger partial charge is 0.444 e. The normalized spacial score (nSPS) is 12.9. The molecule has 190 valence electrons. The number of nitrogens with zero attached hydrogens (tertiary/aromatic N) is 1. The Morgan fingerprint density at radius 1 is 0.943 bits per heavy atom. The van der Waals surface area contributed by atoms with Crippen molar-refractivity contribution < 1.29 is 19.1 Å². The topological polar surface area (TPSA) is 87.7 Å². The van der Waals surface area contributed by atoms with E-state index in [4.69, 9.17) is 4.74 Å². The number of alkyl carbamates (subject to hydrolysis) is 1. The van der Waals surface area contributed by atoms with Gasteiger partial charge in [-0.2, -0.15) is 0 Å². The molecular weight excluding hydrogens is 442 g/mol. The summed E-state index contributed by atoms with van der Waals surface area (Å²) in [6.07, 6.45) is -0.683. The minimum atomic E-state index is -0.883. The first-order valence-electron chi connectivity index (χ1n) is 12.0. The van der Waals surface area contributed by atoms with E-state index in [9.17, 15) is 14.4 Å². The molecule has 0 aliphatic heterocycles. The second-order valence-electron chi connectivity index (χ2n) is 9.99. The van der Waals surface area contributed by atoms with Gasteiger partial charge in [-0.1, -0.05) is 36.4 Å². The van der Waals surface area contributed by atoms with Crippen molar-refractivity contribution >= 4 is 23.6 Å². The minimum absolute atomic E-state index is 0.275. The maximum atomic E-state index is 13.7. The van der Waals surface area contributed by atoms with E-state index in [2.05, 4.69) is 10.6 Å². The standard InChI is InChI=1S/C28H39N3O4/c1-10-31(26(33)21(6)29-27(34)35-28(7,8)9)24(22-15-14-17(2)20(5)16-22)25(32)30-23-18(3)12-11-13-19(23)4/h11-16,21,24H,10H2,1-9H3,(H,29,34)(H,30,32). The van der Waals surface area contributed by atoms with E-state index in [1.165, 1.54) is 4.90 Å². The number of benzene rings is 2. The third-order valence-electron chi connectivity index (χ3n) is 5.86. The predicted octanol–water partition coefficient (Wildman–Crippen LogP) is 5.36. The average molecular weight is 482 g/mol. The molecule has 0 aromatic heterocycles. The van der Waals surface area contributed by atoms with E-state index >= 15 is 0 Å². The Bertz CT molecular complexity index is 1070. The fraction of sp³-hybridized carbons (Fsp3) is 0.464. The summed E-state index contributed by atoms with van der Waals surface area (Å²) >= 11 is 0. The van der Waals surface area contributed by atoms with Crippen molar-refractivity contribution in [3.05, 3.63) is 64.2 Å². The Morgan fingerprint density at radius 3 is 2.06 bits per heavy atom. The lowest BCUT2D eigenvalue weighted by atomic mass is 9.98. The third kappa shape index (κ3) is 7.31. The van der Waals surface area contributed by atoms with Crippen LogP contribution in [-0.2, 0) is 14.3 Å². The third-order valence-corrected chi connectivity index (χ3v) is 5.86. The van der Waals surface area contributed by atoms with E-state index in [0.717, 1.165) is 27.9 Å². The molecule has 2 rings (SSSR count). The lowest BCUT2D eigenvalue weighted by molar-refractivity contribution is -0.140. The number of ether oxygens (including phenoxy) is 1. The SMILES string of the molecule is CCN(C(=O)C(C)NC(=O)OC(C)(C)C)C(C(=O)Nc1c(C)cccc1C)c1ccc(C)c(C)c1. The second-order valence-corrected chi connectivity index (χ2v) is 9.99. The number of carbonyl (C=O) groups excluding carboxylic acids is 3. The summed E-state index contributed by atoms with van der Waals surface area (Å²) in [6, 6.07) is 9.80. The molecule has 2 aromatic rings. The van der Waals surface area contributed by atoms with Crippen molar-refractivity contribution in [1.82, 2.24) is 10.2 Å². The minimum Gasteiger partial charge on any atom is -0.444 e. The molecule has 0 fully saturated rings. The molecule has 2 N–H and O–H groups in total. The molecule has 7 heteroatoms. The number of hydrogen-bond donors (Lipinski definition) is 2. The summed E-state index contributed by atoms with van der Waals surface area (Å²) in [5.74, 6) is -0.691. The van der Waals surface area contributed by atoms with Gasteiger partial charge in [-0.25, -0.2) is 4.79 Å². The van der Waals surface area contributed by atoms with Gasteiger partial charge in [0.1, 0.15) is 17.7 Å².